The van der Waals surface area contributed by atoms with Crippen molar-refractivity contribution in [2.45, 2.75) is 6.42 Å². The standard InChI is InChI=1S/C11H12O3/c1-13-11(12)8-5-9-14-10-6-3-2-4-7-10/h2-7,9H,8H2,1H3. The van der Waals surface area contributed by atoms with Crippen LogP contribution < -0.4 is 4.74 Å². The van der Waals surface area contributed by atoms with E-state index in [9.17, 15) is 4.79 Å². The van der Waals surface area contributed by atoms with Gasteiger partial charge in [0.05, 0.1) is 19.8 Å². The van der Waals surface area contributed by atoms with Gasteiger partial charge in [0.2, 0.25) is 0 Å². The van der Waals surface area contributed by atoms with E-state index in [-0.39, 0.29) is 12.4 Å². The minimum absolute atomic E-state index is 0.226. The van der Waals surface area contributed by atoms with Crippen LogP contribution in [-0.4, -0.2) is 13.1 Å². The molecule has 0 fully saturated rings. The van der Waals surface area contributed by atoms with Crippen LogP contribution in [0.2, 0.25) is 0 Å². The SMILES string of the molecule is COC(=O)CC=COc1ccccc1. The number of hydrogen-bond donors (Lipinski definition) is 0. The molecule has 0 amide bonds. The molecule has 0 aliphatic rings. The normalized spacial score (nSPS) is 10.1. The van der Waals surface area contributed by atoms with Crippen LogP contribution in [-0.2, 0) is 9.53 Å². The van der Waals surface area contributed by atoms with Crippen molar-refractivity contribution in [3.63, 3.8) is 0 Å². The molecule has 0 atom stereocenters. The largest absolute Gasteiger partial charge is 0.469 e. The molecule has 14 heavy (non-hydrogen) atoms. The van der Waals surface area contributed by atoms with Gasteiger partial charge in [0.1, 0.15) is 5.75 Å². The van der Waals surface area contributed by atoms with Crippen LogP contribution in [0.15, 0.2) is 42.7 Å². The van der Waals surface area contributed by atoms with E-state index in [1.54, 1.807) is 6.08 Å². The first-order valence-corrected chi connectivity index (χ1v) is 4.26. The van der Waals surface area contributed by atoms with Crippen LogP contribution in [0.3, 0.4) is 0 Å². The third kappa shape index (κ3) is 3.76. The fraction of sp³-hybridized carbons (Fsp3) is 0.182. The zero-order valence-electron chi connectivity index (χ0n) is 7.97. The Morgan fingerprint density at radius 3 is 2.71 bits per heavy atom. The molecule has 0 spiro atoms. The second kappa shape index (κ2) is 5.80. The predicted molar refractivity (Wildman–Crippen MR) is 52.8 cm³/mol. The second-order valence-electron chi connectivity index (χ2n) is 2.58. The average Bonchev–Trinajstić information content (AvgIpc) is 2.25. The maximum atomic E-state index is 10.7. The Morgan fingerprint density at radius 2 is 2.07 bits per heavy atom. The number of ether oxygens (including phenoxy) is 2. The van der Waals surface area contributed by atoms with Gasteiger partial charge in [-0.15, -0.1) is 0 Å². The van der Waals surface area contributed by atoms with Crippen molar-refractivity contribution in [3.05, 3.63) is 42.7 Å². The molecular weight excluding hydrogens is 180 g/mol. The molecule has 0 unspecified atom stereocenters. The minimum Gasteiger partial charge on any atom is -0.469 e. The van der Waals surface area contributed by atoms with E-state index in [1.807, 2.05) is 30.3 Å². The first-order chi connectivity index (χ1) is 6.83. The van der Waals surface area contributed by atoms with Gasteiger partial charge in [0.25, 0.3) is 0 Å². The molecule has 0 aliphatic heterocycles. The summed E-state index contributed by atoms with van der Waals surface area (Å²) in [6.45, 7) is 0. The molecule has 1 aromatic rings. The van der Waals surface area contributed by atoms with Crippen LogP contribution in [0.1, 0.15) is 6.42 Å². The predicted octanol–water partition coefficient (Wildman–Crippen LogP) is 2.14. The highest BCUT2D eigenvalue weighted by Crippen LogP contribution is 2.08. The molecule has 0 heterocycles. The van der Waals surface area contributed by atoms with Crippen LogP contribution >= 0.6 is 0 Å². The van der Waals surface area contributed by atoms with E-state index in [2.05, 4.69) is 4.74 Å². The van der Waals surface area contributed by atoms with Gasteiger partial charge in [0, 0.05) is 0 Å². The Morgan fingerprint density at radius 1 is 1.36 bits per heavy atom. The topological polar surface area (TPSA) is 35.5 Å². The fourth-order valence-corrected chi connectivity index (χ4v) is 0.853. The van der Waals surface area contributed by atoms with Crippen molar-refractivity contribution in [3.8, 4) is 5.75 Å². The Labute approximate surface area is 83.0 Å². The molecule has 0 saturated heterocycles. The maximum absolute atomic E-state index is 10.7. The van der Waals surface area contributed by atoms with Crippen LogP contribution in [0, 0.1) is 0 Å². The van der Waals surface area contributed by atoms with Gasteiger partial charge < -0.3 is 9.47 Å². The second-order valence-corrected chi connectivity index (χ2v) is 2.58. The van der Waals surface area contributed by atoms with E-state index in [4.69, 9.17) is 4.74 Å². The molecule has 1 aromatic carbocycles. The number of hydrogen-bond acceptors (Lipinski definition) is 3. The summed E-state index contributed by atoms with van der Waals surface area (Å²) in [6, 6.07) is 9.34. The zero-order chi connectivity index (χ0) is 10.2. The third-order valence-electron chi connectivity index (χ3n) is 1.56. The summed E-state index contributed by atoms with van der Waals surface area (Å²) in [5.74, 6) is 0.464. The Hall–Kier alpha value is -1.77. The highest BCUT2D eigenvalue weighted by molar-refractivity contribution is 5.70. The number of carbonyl (C=O) groups excluding carboxylic acids is 1. The monoisotopic (exact) mass is 192 g/mol. The van der Waals surface area contributed by atoms with Gasteiger partial charge >= 0.3 is 5.97 Å². The zero-order valence-corrected chi connectivity index (χ0v) is 7.97. The summed E-state index contributed by atoms with van der Waals surface area (Å²) in [7, 11) is 1.36. The molecule has 74 valence electrons. The van der Waals surface area contributed by atoms with E-state index in [0.717, 1.165) is 5.75 Å². The first-order valence-electron chi connectivity index (χ1n) is 4.26. The molecule has 0 radical (unpaired) electrons. The van der Waals surface area contributed by atoms with Crippen molar-refractivity contribution in [2.75, 3.05) is 7.11 Å². The van der Waals surface area contributed by atoms with E-state index in [1.165, 1.54) is 13.4 Å². The van der Waals surface area contributed by atoms with E-state index < -0.39 is 0 Å². The highest BCUT2D eigenvalue weighted by atomic mass is 16.5. The summed E-state index contributed by atoms with van der Waals surface area (Å²) in [4.78, 5) is 10.7. The Balaban J connectivity index is 2.31. The molecule has 3 nitrogen and oxygen atoms in total. The molecule has 0 bridgehead atoms. The van der Waals surface area contributed by atoms with Gasteiger partial charge in [-0.25, -0.2) is 0 Å². The molecule has 0 saturated carbocycles. The summed E-state index contributed by atoms with van der Waals surface area (Å²) in [5.41, 5.74) is 0. The lowest BCUT2D eigenvalue weighted by Gasteiger charge is -1.97. The summed E-state index contributed by atoms with van der Waals surface area (Å²) in [5, 5.41) is 0. The van der Waals surface area contributed by atoms with Crippen molar-refractivity contribution in [1.29, 1.82) is 0 Å². The fourth-order valence-electron chi connectivity index (χ4n) is 0.853. The van der Waals surface area contributed by atoms with Crippen LogP contribution in [0.5, 0.6) is 5.75 Å². The maximum Gasteiger partial charge on any atom is 0.309 e. The van der Waals surface area contributed by atoms with Gasteiger partial charge in [-0.1, -0.05) is 18.2 Å². The summed E-state index contributed by atoms with van der Waals surface area (Å²) >= 11 is 0. The molecule has 1 rings (SSSR count). The van der Waals surface area contributed by atoms with Gasteiger partial charge in [-0.05, 0) is 18.2 Å². The molecule has 0 N–H and O–H groups in total. The van der Waals surface area contributed by atoms with Crippen molar-refractivity contribution < 1.29 is 14.3 Å². The molecule has 0 aliphatic carbocycles. The summed E-state index contributed by atoms with van der Waals surface area (Å²) < 4.78 is 9.67. The molecule has 0 aromatic heterocycles. The van der Waals surface area contributed by atoms with Crippen LogP contribution in [0.25, 0.3) is 0 Å². The van der Waals surface area contributed by atoms with Crippen LogP contribution in [0.4, 0.5) is 0 Å². The number of para-hydroxylation sites is 1. The number of benzene rings is 1. The number of esters is 1. The highest BCUT2D eigenvalue weighted by Gasteiger charge is 1.93. The Bertz CT molecular complexity index is 304. The molecule has 3 heteroatoms. The number of rotatable bonds is 4. The third-order valence-corrected chi connectivity index (χ3v) is 1.56. The van der Waals surface area contributed by atoms with Gasteiger partial charge in [-0.2, -0.15) is 0 Å². The number of carbonyl (C=O) groups is 1. The van der Waals surface area contributed by atoms with E-state index >= 15 is 0 Å². The van der Waals surface area contributed by atoms with Gasteiger partial charge in [0.15, 0.2) is 0 Å². The Kier molecular flexibility index (Phi) is 4.27. The van der Waals surface area contributed by atoms with Crippen molar-refractivity contribution in [2.24, 2.45) is 0 Å². The average molecular weight is 192 g/mol. The lowest BCUT2D eigenvalue weighted by atomic mass is 10.3. The van der Waals surface area contributed by atoms with Crippen molar-refractivity contribution in [1.82, 2.24) is 0 Å². The number of methoxy groups -OCH3 is 1. The lowest BCUT2D eigenvalue weighted by Crippen LogP contribution is -1.97. The van der Waals surface area contributed by atoms with E-state index in [0.29, 0.717) is 0 Å². The molecular formula is C11H12O3. The first kappa shape index (κ1) is 10.3. The quantitative estimate of drug-likeness (QED) is 0.541. The van der Waals surface area contributed by atoms with Gasteiger partial charge in [-0.3, -0.25) is 4.79 Å². The smallest absolute Gasteiger partial charge is 0.309 e. The lowest BCUT2D eigenvalue weighted by molar-refractivity contribution is -0.139. The summed E-state index contributed by atoms with van der Waals surface area (Å²) in [6.07, 6.45) is 3.31. The minimum atomic E-state index is -0.280. The van der Waals surface area contributed by atoms with Crippen molar-refractivity contribution >= 4 is 5.97 Å².